The van der Waals surface area contributed by atoms with E-state index < -0.39 is 0 Å². The summed E-state index contributed by atoms with van der Waals surface area (Å²) in [5, 5.41) is 3.77. The zero-order chi connectivity index (χ0) is 16.5. The fourth-order valence-electron chi connectivity index (χ4n) is 2.70. The molecule has 5 heteroatoms. The Morgan fingerprint density at radius 3 is 2.70 bits per heavy atom. The molecule has 1 aromatic rings. The summed E-state index contributed by atoms with van der Waals surface area (Å²) < 4.78 is 0. The minimum Gasteiger partial charge on any atom is -0.356 e. The molecule has 0 spiro atoms. The highest BCUT2D eigenvalue weighted by atomic mass is 35.5. The number of thioether (sulfide) groups is 1. The Balaban J connectivity index is 1.49. The highest BCUT2D eigenvalue weighted by molar-refractivity contribution is 7.99. The molecule has 1 aliphatic rings. The van der Waals surface area contributed by atoms with E-state index in [9.17, 15) is 4.79 Å². The average molecular weight is 355 g/mol. The Morgan fingerprint density at radius 1 is 1.30 bits per heavy atom. The van der Waals surface area contributed by atoms with E-state index in [4.69, 9.17) is 11.6 Å². The van der Waals surface area contributed by atoms with Gasteiger partial charge in [0, 0.05) is 28.6 Å². The number of hydrogen-bond acceptors (Lipinski definition) is 3. The van der Waals surface area contributed by atoms with E-state index in [-0.39, 0.29) is 5.91 Å². The smallest absolute Gasteiger partial charge is 0.220 e. The van der Waals surface area contributed by atoms with Crippen LogP contribution in [0.4, 0.5) is 0 Å². The second-order valence-electron chi connectivity index (χ2n) is 6.28. The number of benzene rings is 1. The van der Waals surface area contributed by atoms with Crippen LogP contribution in [-0.2, 0) is 4.79 Å². The quantitative estimate of drug-likeness (QED) is 0.564. The molecule has 0 saturated carbocycles. The van der Waals surface area contributed by atoms with Crippen molar-refractivity contribution in [2.75, 3.05) is 31.9 Å². The van der Waals surface area contributed by atoms with Gasteiger partial charge in [0.05, 0.1) is 0 Å². The summed E-state index contributed by atoms with van der Waals surface area (Å²) in [5.41, 5.74) is 0. The summed E-state index contributed by atoms with van der Waals surface area (Å²) in [6.07, 6.45) is 4.24. The first kappa shape index (κ1) is 18.6. The van der Waals surface area contributed by atoms with E-state index in [1.165, 1.54) is 25.9 Å². The minimum absolute atomic E-state index is 0.152. The molecule has 1 aliphatic heterocycles. The van der Waals surface area contributed by atoms with Crippen LogP contribution in [0.1, 0.15) is 32.6 Å². The van der Waals surface area contributed by atoms with E-state index in [1.54, 1.807) is 11.8 Å². The van der Waals surface area contributed by atoms with Crippen LogP contribution in [0.5, 0.6) is 0 Å². The van der Waals surface area contributed by atoms with Crippen molar-refractivity contribution in [2.45, 2.75) is 37.5 Å². The lowest BCUT2D eigenvalue weighted by Crippen LogP contribution is -2.35. The number of amides is 1. The van der Waals surface area contributed by atoms with Crippen LogP contribution in [0.2, 0.25) is 5.02 Å². The summed E-state index contributed by atoms with van der Waals surface area (Å²) >= 11 is 7.55. The number of rotatable bonds is 8. The van der Waals surface area contributed by atoms with Gasteiger partial charge in [-0.2, -0.15) is 0 Å². The molecule has 1 heterocycles. The second-order valence-corrected chi connectivity index (χ2v) is 7.88. The van der Waals surface area contributed by atoms with Crippen molar-refractivity contribution in [3.05, 3.63) is 29.3 Å². The Hall–Kier alpha value is -0.710. The fourth-order valence-corrected chi connectivity index (χ4v) is 3.67. The van der Waals surface area contributed by atoms with Gasteiger partial charge >= 0.3 is 0 Å². The third-order valence-electron chi connectivity index (χ3n) is 4.26. The molecule has 0 radical (unpaired) electrons. The topological polar surface area (TPSA) is 32.3 Å². The van der Waals surface area contributed by atoms with Gasteiger partial charge in [-0.25, -0.2) is 0 Å². The van der Waals surface area contributed by atoms with Gasteiger partial charge in [-0.1, -0.05) is 18.5 Å². The normalized spacial score (nSPS) is 16.4. The number of carbonyl (C=O) groups is 1. The summed E-state index contributed by atoms with van der Waals surface area (Å²) in [6, 6.07) is 7.74. The van der Waals surface area contributed by atoms with Crippen LogP contribution in [0.15, 0.2) is 29.2 Å². The van der Waals surface area contributed by atoms with Crippen LogP contribution >= 0.6 is 23.4 Å². The largest absolute Gasteiger partial charge is 0.356 e. The number of piperidine rings is 1. The fraction of sp³-hybridized carbons (Fsp3) is 0.611. The maximum absolute atomic E-state index is 11.8. The number of nitrogens with one attached hydrogen (secondary N) is 1. The maximum Gasteiger partial charge on any atom is 0.220 e. The molecule has 0 atom stereocenters. The minimum atomic E-state index is 0.152. The first-order valence-corrected chi connectivity index (χ1v) is 9.87. The predicted molar refractivity (Wildman–Crippen MR) is 99.3 cm³/mol. The Morgan fingerprint density at radius 2 is 2.00 bits per heavy atom. The molecule has 1 amide bonds. The number of halogens is 1. The van der Waals surface area contributed by atoms with Gasteiger partial charge in [0.15, 0.2) is 0 Å². The third-order valence-corrected chi connectivity index (χ3v) is 5.53. The molecule has 23 heavy (non-hydrogen) atoms. The van der Waals surface area contributed by atoms with Crippen LogP contribution < -0.4 is 5.32 Å². The number of carbonyl (C=O) groups excluding carboxylic acids is 1. The molecule has 0 aromatic heterocycles. The van der Waals surface area contributed by atoms with E-state index in [0.717, 1.165) is 41.1 Å². The second kappa shape index (κ2) is 10.2. The van der Waals surface area contributed by atoms with E-state index in [0.29, 0.717) is 6.42 Å². The van der Waals surface area contributed by atoms with Crippen molar-refractivity contribution in [1.82, 2.24) is 10.2 Å². The van der Waals surface area contributed by atoms with Crippen molar-refractivity contribution in [1.29, 1.82) is 0 Å². The molecule has 1 fully saturated rings. The van der Waals surface area contributed by atoms with Crippen LogP contribution in [-0.4, -0.2) is 42.7 Å². The summed E-state index contributed by atoms with van der Waals surface area (Å²) in [4.78, 5) is 15.5. The van der Waals surface area contributed by atoms with Gasteiger partial charge in [0.1, 0.15) is 0 Å². The van der Waals surface area contributed by atoms with Gasteiger partial charge < -0.3 is 10.2 Å². The molecule has 0 bridgehead atoms. The Labute approximate surface area is 149 Å². The maximum atomic E-state index is 11.8. The lowest BCUT2D eigenvalue weighted by molar-refractivity contribution is -0.120. The highest BCUT2D eigenvalue weighted by Gasteiger charge is 2.14. The zero-order valence-corrected chi connectivity index (χ0v) is 15.5. The van der Waals surface area contributed by atoms with Gasteiger partial charge in [-0.3, -0.25) is 4.79 Å². The standard InChI is InChI=1S/C18H27ClN2OS/c1-15-7-12-21(13-8-15)11-2-10-20-18(22)9-14-23-17-5-3-16(19)4-6-17/h3-6,15H,2,7-14H2,1H3,(H,20,22). The lowest BCUT2D eigenvalue weighted by atomic mass is 9.99. The average Bonchev–Trinajstić information content (AvgIpc) is 2.55. The molecule has 1 N–H and O–H groups in total. The number of likely N-dealkylation sites (tertiary alicyclic amines) is 1. The van der Waals surface area contributed by atoms with Crippen molar-refractivity contribution in [3.8, 4) is 0 Å². The zero-order valence-electron chi connectivity index (χ0n) is 13.9. The molecule has 1 aromatic carbocycles. The molecule has 0 aliphatic carbocycles. The van der Waals surface area contributed by atoms with Crippen LogP contribution in [0, 0.1) is 5.92 Å². The van der Waals surface area contributed by atoms with E-state index in [2.05, 4.69) is 17.1 Å². The summed E-state index contributed by atoms with van der Waals surface area (Å²) in [7, 11) is 0. The first-order chi connectivity index (χ1) is 11.1. The molecular formula is C18H27ClN2OS. The molecule has 2 rings (SSSR count). The molecule has 0 unspecified atom stereocenters. The Bertz CT molecular complexity index is 472. The predicted octanol–water partition coefficient (Wildman–Crippen LogP) is 4.06. The molecular weight excluding hydrogens is 328 g/mol. The van der Waals surface area contributed by atoms with Crippen molar-refractivity contribution < 1.29 is 4.79 Å². The van der Waals surface area contributed by atoms with Crippen LogP contribution in [0.25, 0.3) is 0 Å². The molecule has 3 nitrogen and oxygen atoms in total. The van der Waals surface area contributed by atoms with E-state index >= 15 is 0 Å². The third kappa shape index (κ3) is 7.60. The monoisotopic (exact) mass is 354 g/mol. The van der Waals surface area contributed by atoms with Crippen molar-refractivity contribution in [3.63, 3.8) is 0 Å². The van der Waals surface area contributed by atoms with Gasteiger partial charge in [-0.05, 0) is 69.1 Å². The van der Waals surface area contributed by atoms with E-state index in [1.807, 2.05) is 24.3 Å². The number of hydrogen-bond donors (Lipinski definition) is 1. The molecule has 128 valence electrons. The molecule has 1 saturated heterocycles. The van der Waals surface area contributed by atoms with Gasteiger partial charge in [-0.15, -0.1) is 11.8 Å². The summed E-state index contributed by atoms with van der Waals surface area (Å²) in [5.74, 6) is 1.83. The van der Waals surface area contributed by atoms with Crippen LogP contribution in [0.3, 0.4) is 0 Å². The highest BCUT2D eigenvalue weighted by Crippen LogP contribution is 2.20. The van der Waals surface area contributed by atoms with Gasteiger partial charge in [0.2, 0.25) is 5.91 Å². The first-order valence-electron chi connectivity index (χ1n) is 8.51. The van der Waals surface area contributed by atoms with Crippen molar-refractivity contribution >= 4 is 29.3 Å². The lowest BCUT2D eigenvalue weighted by Gasteiger charge is -2.30. The SMILES string of the molecule is CC1CCN(CCCNC(=O)CCSc2ccc(Cl)cc2)CC1. The van der Waals surface area contributed by atoms with Gasteiger partial charge in [0.25, 0.3) is 0 Å². The Kier molecular flexibility index (Phi) is 8.27. The number of nitrogens with zero attached hydrogens (tertiary/aromatic N) is 1. The summed E-state index contributed by atoms with van der Waals surface area (Å²) in [6.45, 7) is 6.66. The van der Waals surface area contributed by atoms with Crippen molar-refractivity contribution in [2.24, 2.45) is 5.92 Å².